The summed E-state index contributed by atoms with van der Waals surface area (Å²) in [6.45, 7) is 2.09. The fraction of sp³-hybridized carbons (Fsp3) is 0.357. The first-order valence-electron chi connectivity index (χ1n) is 6.07. The molecule has 0 saturated heterocycles. The second-order valence-corrected chi connectivity index (χ2v) is 4.52. The van der Waals surface area contributed by atoms with Crippen molar-refractivity contribution in [3.8, 4) is 11.3 Å². The lowest BCUT2D eigenvalue weighted by atomic mass is 10.1. The summed E-state index contributed by atoms with van der Waals surface area (Å²) in [7, 11) is 3.76. The van der Waals surface area contributed by atoms with E-state index in [-0.39, 0.29) is 5.82 Å². The maximum atomic E-state index is 13.7. The monoisotopic (exact) mass is 247 g/mol. The van der Waals surface area contributed by atoms with Crippen molar-refractivity contribution in [3.05, 3.63) is 41.8 Å². The zero-order valence-electron chi connectivity index (χ0n) is 10.9. The third-order valence-corrected chi connectivity index (χ3v) is 3.09. The molecular weight excluding hydrogens is 229 g/mol. The number of halogens is 1. The van der Waals surface area contributed by atoms with Gasteiger partial charge in [0.2, 0.25) is 0 Å². The van der Waals surface area contributed by atoms with Crippen molar-refractivity contribution in [2.24, 2.45) is 7.05 Å². The second kappa shape index (κ2) is 5.31. The molecule has 1 N–H and O–H groups in total. The Morgan fingerprint density at radius 1 is 1.39 bits per heavy atom. The molecule has 0 spiro atoms. The third kappa shape index (κ3) is 2.59. The Labute approximate surface area is 107 Å². The molecule has 1 aromatic carbocycles. The van der Waals surface area contributed by atoms with Gasteiger partial charge < -0.3 is 5.32 Å². The highest BCUT2D eigenvalue weighted by atomic mass is 19.1. The predicted molar refractivity (Wildman–Crippen MR) is 70.8 cm³/mol. The van der Waals surface area contributed by atoms with Crippen LogP contribution in [0.4, 0.5) is 4.39 Å². The van der Waals surface area contributed by atoms with E-state index in [0.717, 1.165) is 17.8 Å². The molecule has 1 aromatic heterocycles. The predicted octanol–water partition coefficient (Wildman–Crippen LogP) is 2.38. The SMILES string of the molecule is CNC(C)Cc1cc(-c2ccccc2F)n(C)n1. The first-order valence-corrected chi connectivity index (χ1v) is 6.07. The van der Waals surface area contributed by atoms with E-state index in [0.29, 0.717) is 11.6 Å². The minimum Gasteiger partial charge on any atom is -0.317 e. The first-order chi connectivity index (χ1) is 8.61. The summed E-state index contributed by atoms with van der Waals surface area (Å²) in [5.74, 6) is -0.214. The van der Waals surface area contributed by atoms with Crippen LogP contribution in [0.15, 0.2) is 30.3 Å². The number of likely N-dealkylation sites (N-methyl/N-ethyl adjacent to an activating group) is 1. The van der Waals surface area contributed by atoms with Crippen molar-refractivity contribution in [1.82, 2.24) is 15.1 Å². The quantitative estimate of drug-likeness (QED) is 0.899. The van der Waals surface area contributed by atoms with Crippen LogP contribution in [-0.4, -0.2) is 22.9 Å². The molecule has 1 atom stereocenters. The van der Waals surface area contributed by atoms with Crippen LogP contribution in [-0.2, 0) is 13.5 Å². The van der Waals surface area contributed by atoms with Gasteiger partial charge in [0.1, 0.15) is 5.82 Å². The van der Waals surface area contributed by atoms with Crippen LogP contribution in [0.25, 0.3) is 11.3 Å². The lowest BCUT2D eigenvalue weighted by molar-refractivity contribution is 0.592. The fourth-order valence-corrected chi connectivity index (χ4v) is 1.96. The molecule has 0 aliphatic heterocycles. The number of benzene rings is 1. The zero-order valence-corrected chi connectivity index (χ0v) is 10.9. The van der Waals surface area contributed by atoms with Gasteiger partial charge in [0.05, 0.1) is 11.4 Å². The molecule has 0 amide bonds. The summed E-state index contributed by atoms with van der Waals surface area (Å²) >= 11 is 0. The van der Waals surface area contributed by atoms with Crippen LogP contribution in [0, 0.1) is 5.82 Å². The number of nitrogens with one attached hydrogen (secondary N) is 1. The maximum absolute atomic E-state index is 13.7. The summed E-state index contributed by atoms with van der Waals surface area (Å²) in [6.07, 6.45) is 0.832. The molecule has 4 heteroatoms. The van der Waals surface area contributed by atoms with E-state index in [1.165, 1.54) is 6.07 Å². The molecule has 1 heterocycles. The standard InChI is InChI=1S/C14H18FN3/c1-10(16-2)8-11-9-14(18(3)17-11)12-6-4-5-7-13(12)15/h4-7,9-10,16H,8H2,1-3H3. The molecule has 2 aromatic rings. The minimum atomic E-state index is -0.214. The fourth-order valence-electron chi connectivity index (χ4n) is 1.96. The van der Waals surface area contributed by atoms with Crippen molar-refractivity contribution in [1.29, 1.82) is 0 Å². The Balaban J connectivity index is 2.33. The van der Waals surface area contributed by atoms with Crippen molar-refractivity contribution in [2.45, 2.75) is 19.4 Å². The van der Waals surface area contributed by atoms with Crippen LogP contribution < -0.4 is 5.32 Å². The highest BCUT2D eigenvalue weighted by molar-refractivity contribution is 5.60. The van der Waals surface area contributed by atoms with E-state index in [2.05, 4.69) is 17.3 Å². The lowest BCUT2D eigenvalue weighted by Gasteiger charge is -2.06. The number of aromatic nitrogens is 2. The van der Waals surface area contributed by atoms with Gasteiger partial charge in [-0.15, -0.1) is 0 Å². The maximum Gasteiger partial charge on any atom is 0.132 e. The van der Waals surface area contributed by atoms with Gasteiger partial charge in [-0.2, -0.15) is 5.10 Å². The Bertz CT molecular complexity index is 534. The van der Waals surface area contributed by atoms with Crippen LogP contribution in [0.5, 0.6) is 0 Å². The average molecular weight is 247 g/mol. The topological polar surface area (TPSA) is 29.9 Å². The van der Waals surface area contributed by atoms with Crippen LogP contribution in [0.2, 0.25) is 0 Å². The number of nitrogens with zero attached hydrogens (tertiary/aromatic N) is 2. The van der Waals surface area contributed by atoms with E-state index in [1.54, 1.807) is 16.8 Å². The summed E-state index contributed by atoms with van der Waals surface area (Å²) in [4.78, 5) is 0. The third-order valence-electron chi connectivity index (χ3n) is 3.09. The second-order valence-electron chi connectivity index (χ2n) is 4.52. The smallest absolute Gasteiger partial charge is 0.132 e. The minimum absolute atomic E-state index is 0.214. The molecule has 18 heavy (non-hydrogen) atoms. The van der Waals surface area contributed by atoms with E-state index in [9.17, 15) is 4.39 Å². The largest absolute Gasteiger partial charge is 0.317 e. The Morgan fingerprint density at radius 2 is 2.11 bits per heavy atom. The molecule has 0 aliphatic rings. The average Bonchev–Trinajstić information content (AvgIpc) is 2.70. The Morgan fingerprint density at radius 3 is 2.78 bits per heavy atom. The summed E-state index contributed by atoms with van der Waals surface area (Å²) in [6, 6.07) is 9.08. The van der Waals surface area contributed by atoms with Gasteiger partial charge in [-0.3, -0.25) is 4.68 Å². The summed E-state index contributed by atoms with van der Waals surface area (Å²) in [5.41, 5.74) is 2.37. The van der Waals surface area contributed by atoms with Gasteiger partial charge in [-0.05, 0) is 32.2 Å². The van der Waals surface area contributed by atoms with Crippen LogP contribution >= 0.6 is 0 Å². The molecule has 3 nitrogen and oxygen atoms in total. The summed E-state index contributed by atoms with van der Waals surface area (Å²) in [5, 5.41) is 7.60. The lowest BCUT2D eigenvalue weighted by Crippen LogP contribution is -2.23. The zero-order chi connectivity index (χ0) is 13.1. The molecule has 1 unspecified atom stereocenters. The van der Waals surface area contributed by atoms with Gasteiger partial charge in [0.25, 0.3) is 0 Å². The van der Waals surface area contributed by atoms with Gasteiger partial charge >= 0.3 is 0 Å². The number of rotatable bonds is 4. The Kier molecular flexibility index (Phi) is 3.77. The summed E-state index contributed by atoms with van der Waals surface area (Å²) < 4.78 is 15.5. The van der Waals surface area contributed by atoms with E-state index >= 15 is 0 Å². The van der Waals surface area contributed by atoms with Gasteiger partial charge in [-0.1, -0.05) is 12.1 Å². The number of aryl methyl sites for hydroxylation is 1. The first kappa shape index (κ1) is 12.8. The van der Waals surface area contributed by atoms with Gasteiger partial charge in [0, 0.05) is 25.1 Å². The van der Waals surface area contributed by atoms with Gasteiger partial charge in [0.15, 0.2) is 0 Å². The molecule has 0 bridgehead atoms. The molecule has 96 valence electrons. The Hall–Kier alpha value is -1.68. The van der Waals surface area contributed by atoms with Crippen LogP contribution in [0.3, 0.4) is 0 Å². The van der Waals surface area contributed by atoms with Crippen molar-refractivity contribution >= 4 is 0 Å². The van der Waals surface area contributed by atoms with Gasteiger partial charge in [-0.25, -0.2) is 4.39 Å². The number of hydrogen-bond acceptors (Lipinski definition) is 2. The molecule has 0 aliphatic carbocycles. The molecule has 0 fully saturated rings. The molecular formula is C14H18FN3. The highest BCUT2D eigenvalue weighted by Gasteiger charge is 2.12. The molecule has 0 saturated carbocycles. The number of hydrogen-bond donors (Lipinski definition) is 1. The van der Waals surface area contributed by atoms with Crippen molar-refractivity contribution < 1.29 is 4.39 Å². The van der Waals surface area contributed by atoms with E-state index in [1.807, 2.05) is 26.2 Å². The molecule has 0 radical (unpaired) electrons. The normalized spacial score (nSPS) is 12.7. The van der Waals surface area contributed by atoms with E-state index < -0.39 is 0 Å². The van der Waals surface area contributed by atoms with Crippen molar-refractivity contribution in [3.63, 3.8) is 0 Å². The van der Waals surface area contributed by atoms with E-state index in [4.69, 9.17) is 0 Å². The van der Waals surface area contributed by atoms with Crippen LogP contribution in [0.1, 0.15) is 12.6 Å². The molecule has 2 rings (SSSR count). The highest BCUT2D eigenvalue weighted by Crippen LogP contribution is 2.23. The van der Waals surface area contributed by atoms with Crippen molar-refractivity contribution in [2.75, 3.05) is 7.05 Å².